The molecule has 0 amide bonds. The Hall–Kier alpha value is -3.78. The number of anilines is 1. The summed E-state index contributed by atoms with van der Waals surface area (Å²) in [6.07, 6.45) is 5.43. The molecule has 0 atom stereocenters. The van der Waals surface area contributed by atoms with E-state index in [0.29, 0.717) is 0 Å². The summed E-state index contributed by atoms with van der Waals surface area (Å²) in [5.41, 5.74) is 7.45. The number of nitrogens with zero attached hydrogens (tertiary/aromatic N) is 6. The van der Waals surface area contributed by atoms with Crippen LogP contribution in [0.15, 0.2) is 55.0 Å². The lowest BCUT2D eigenvalue weighted by molar-refractivity contribution is 0.313. The quantitative estimate of drug-likeness (QED) is 0.474. The summed E-state index contributed by atoms with van der Waals surface area (Å²) in [4.78, 5) is 21.8. The van der Waals surface area contributed by atoms with E-state index in [2.05, 4.69) is 54.1 Å². The number of aromatic amines is 2. The predicted octanol–water partition coefficient (Wildman–Crippen LogP) is 3.32. The summed E-state index contributed by atoms with van der Waals surface area (Å²) in [6, 6.07) is 12.2. The molecule has 0 aliphatic carbocycles. The van der Waals surface area contributed by atoms with Crippen molar-refractivity contribution in [2.45, 2.75) is 0 Å². The molecule has 0 saturated carbocycles. The fourth-order valence-electron chi connectivity index (χ4n) is 4.23. The van der Waals surface area contributed by atoms with Crippen LogP contribution in [-0.4, -0.2) is 68.3 Å². The third-order valence-corrected chi connectivity index (χ3v) is 5.99. The van der Waals surface area contributed by atoms with Gasteiger partial charge in [0.1, 0.15) is 16.9 Å². The first-order valence-corrected chi connectivity index (χ1v) is 10.4. The third-order valence-electron chi connectivity index (χ3n) is 5.99. The van der Waals surface area contributed by atoms with Crippen molar-refractivity contribution in [3.8, 4) is 22.6 Å². The van der Waals surface area contributed by atoms with E-state index in [0.717, 1.165) is 70.9 Å². The Kier molecular flexibility index (Phi) is 4.17. The number of H-pyrrole nitrogens is 2. The topological polar surface area (TPSA) is 89.6 Å². The van der Waals surface area contributed by atoms with Gasteiger partial charge in [0, 0.05) is 61.4 Å². The SMILES string of the molecule is CN1CCN(c2ccnc3[nH]c(-c4n[nH]c5ccc(-c6ccncc6)nc45)cc23)CC1. The van der Waals surface area contributed by atoms with Crippen LogP contribution < -0.4 is 4.90 Å². The molecule has 1 aliphatic heterocycles. The van der Waals surface area contributed by atoms with Crippen molar-refractivity contribution in [3.63, 3.8) is 0 Å². The number of likely N-dealkylation sites (N-methyl/N-ethyl adjacent to an activating group) is 1. The number of nitrogens with one attached hydrogen (secondary N) is 2. The Morgan fingerprint density at radius 2 is 1.77 bits per heavy atom. The van der Waals surface area contributed by atoms with E-state index in [9.17, 15) is 0 Å². The van der Waals surface area contributed by atoms with E-state index >= 15 is 0 Å². The minimum Gasteiger partial charge on any atom is -0.368 e. The molecule has 8 nitrogen and oxygen atoms in total. The van der Waals surface area contributed by atoms with Crippen molar-refractivity contribution in [2.24, 2.45) is 0 Å². The first-order chi connectivity index (χ1) is 15.3. The van der Waals surface area contributed by atoms with E-state index in [-0.39, 0.29) is 0 Å². The van der Waals surface area contributed by atoms with Gasteiger partial charge in [0.05, 0.1) is 16.9 Å². The molecule has 1 fully saturated rings. The standard InChI is InChI=1S/C23H22N8/c1-30-10-12-31(13-11-30)20-6-9-25-23-16(20)14-19(27-23)22-21-18(28-29-22)3-2-17(26-21)15-4-7-24-8-5-15/h2-9,14H,10-13H2,1H3,(H,25,27)(H,28,29). The lowest BCUT2D eigenvalue weighted by atomic mass is 10.1. The van der Waals surface area contributed by atoms with Crippen LogP contribution in [-0.2, 0) is 0 Å². The van der Waals surface area contributed by atoms with Crippen molar-refractivity contribution in [1.82, 2.24) is 35.0 Å². The Bertz CT molecular complexity index is 1360. The van der Waals surface area contributed by atoms with Crippen molar-refractivity contribution >= 4 is 27.8 Å². The molecule has 154 valence electrons. The normalized spacial score (nSPS) is 15.2. The van der Waals surface area contributed by atoms with Crippen LogP contribution in [0.5, 0.6) is 0 Å². The summed E-state index contributed by atoms with van der Waals surface area (Å²) in [7, 11) is 2.17. The van der Waals surface area contributed by atoms with Gasteiger partial charge in [0.25, 0.3) is 0 Å². The Labute approximate surface area is 179 Å². The number of pyridine rings is 3. The number of fused-ring (bicyclic) bond motifs is 2. The zero-order valence-corrected chi connectivity index (χ0v) is 17.2. The van der Waals surface area contributed by atoms with E-state index in [1.165, 1.54) is 5.69 Å². The van der Waals surface area contributed by atoms with Crippen LogP contribution in [0.25, 0.3) is 44.7 Å². The molecule has 6 rings (SSSR count). The summed E-state index contributed by atoms with van der Waals surface area (Å²) in [6.45, 7) is 4.15. The van der Waals surface area contributed by atoms with Gasteiger partial charge in [-0.05, 0) is 43.4 Å². The number of rotatable bonds is 3. The highest BCUT2D eigenvalue weighted by Gasteiger charge is 2.19. The van der Waals surface area contributed by atoms with Crippen LogP contribution in [0.1, 0.15) is 0 Å². The maximum absolute atomic E-state index is 4.89. The first kappa shape index (κ1) is 18.0. The molecule has 0 spiro atoms. The second-order valence-electron chi connectivity index (χ2n) is 7.97. The van der Waals surface area contributed by atoms with Crippen molar-refractivity contribution < 1.29 is 0 Å². The summed E-state index contributed by atoms with van der Waals surface area (Å²) in [5.74, 6) is 0. The largest absolute Gasteiger partial charge is 0.368 e. The molecule has 5 aromatic rings. The molecule has 31 heavy (non-hydrogen) atoms. The lowest BCUT2D eigenvalue weighted by Gasteiger charge is -2.34. The lowest BCUT2D eigenvalue weighted by Crippen LogP contribution is -2.44. The minimum absolute atomic E-state index is 0.799. The van der Waals surface area contributed by atoms with Crippen LogP contribution >= 0.6 is 0 Å². The molecule has 0 radical (unpaired) electrons. The fourth-order valence-corrected chi connectivity index (χ4v) is 4.23. The van der Waals surface area contributed by atoms with Crippen LogP contribution in [0, 0.1) is 0 Å². The number of aromatic nitrogens is 6. The smallest absolute Gasteiger partial charge is 0.139 e. The van der Waals surface area contributed by atoms with Crippen LogP contribution in [0.2, 0.25) is 0 Å². The van der Waals surface area contributed by atoms with Gasteiger partial charge in [0.15, 0.2) is 0 Å². The molecule has 0 bridgehead atoms. The van der Waals surface area contributed by atoms with Crippen molar-refractivity contribution in [2.75, 3.05) is 38.1 Å². The number of hydrogen-bond donors (Lipinski definition) is 2. The molecule has 8 heteroatoms. The molecule has 1 aliphatic rings. The molecule has 0 unspecified atom stereocenters. The maximum atomic E-state index is 4.89. The van der Waals surface area contributed by atoms with Crippen LogP contribution in [0.4, 0.5) is 5.69 Å². The van der Waals surface area contributed by atoms with Gasteiger partial charge in [-0.3, -0.25) is 10.1 Å². The average molecular weight is 410 g/mol. The zero-order chi connectivity index (χ0) is 20.8. The second-order valence-corrected chi connectivity index (χ2v) is 7.97. The van der Waals surface area contributed by atoms with E-state index in [4.69, 9.17) is 4.98 Å². The molecule has 6 heterocycles. The van der Waals surface area contributed by atoms with Gasteiger partial charge < -0.3 is 14.8 Å². The highest BCUT2D eigenvalue weighted by Crippen LogP contribution is 2.33. The maximum Gasteiger partial charge on any atom is 0.139 e. The Morgan fingerprint density at radius 3 is 2.61 bits per heavy atom. The summed E-state index contributed by atoms with van der Waals surface area (Å²) in [5, 5.41) is 8.79. The van der Waals surface area contributed by atoms with E-state index in [1.807, 2.05) is 30.5 Å². The first-order valence-electron chi connectivity index (χ1n) is 10.4. The van der Waals surface area contributed by atoms with Gasteiger partial charge >= 0.3 is 0 Å². The number of hydrogen-bond acceptors (Lipinski definition) is 6. The summed E-state index contributed by atoms with van der Waals surface area (Å²) >= 11 is 0. The Morgan fingerprint density at radius 1 is 0.935 bits per heavy atom. The monoisotopic (exact) mass is 410 g/mol. The van der Waals surface area contributed by atoms with Gasteiger partial charge in [0.2, 0.25) is 0 Å². The van der Waals surface area contributed by atoms with Gasteiger partial charge in [-0.15, -0.1) is 0 Å². The van der Waals surface area contributed by atoms with Gasteiger partial charge in [-0.1, -0.05) is 0 Å². The molecular formula is C23H22N8. The molecule has 1 saturated heterocycles. The molecule has 0 aromatic carbocycles. The Balaban J connectivity index is 1.44. The highest BCUT2D eigenvalue weighted by molar-refractivity contribution is 5.97. The molecule has 5 aromatic heterocycles. The van der Waals surface area contributed by atoms with E-state index < -0.39 is 0 Å². The predicted molar refractivity (Wildman–Crippen MR) is 122 cm³/mol. The van der Waals surface area contributed by atoms with E-state index in [1.54, 1.807) is 12.4 Å². The van der Waals surface area contributed by atoms with Crippen molar-refractivity contribution in [3.05, 3.63) is 55.0 Å². The zero-order valence-electron chi connectivity index (χ0n) is 17.2. The van der Waals surface area contributed by atoms with Gasteiger partial charge in [-0.25, -0.2) is 9.97 Å². The molecular weight excluding hydrogens is 388 g/mol. The second kappa shape index (κ2) is 7.17. The number of piperazine rings is 1. The highest BCUT2D eigenvalue weighted by atomic mass is 15.2. The average Bonchev–Trinajstić information content (AvgIpc) is 3.43. The van der Waals surface area contributed by atoms with Crippen molar-refractivity contribution in [1.29, 1.82) is 0 Å². The molecule has 2 N–H and O–H groups in total. The van der Waals surface area contributed by atoms with Gasteiger partial charge in [-0.2, -0.15) is 5.10 Å². The fraction of sp³-hybridized carbons (Fsp3) is 0.217. The minimum atomic E-state index is 0.799. The summed E-state index contributed by atoms with van der Waals surface area (Å²) < 4.78 is 0. The van der Waals surface area contributed by atoms with Crippen LogP contribution in [0.3, 0.4) is 0 Å². The third kappa shape index (κ3) is 3.12.